The number of fused-ring (bicyclic) bond motifs is 1. The van der Waals surface area contributed by atoms with Crippen molar-refractivity contribution in [3.63, 3.8) is 0 Å². The maximum absolute atomic E-state index is 5.35. The fourth-order valence-electron chi connectivity index (χ4n) is 3.36. The van der Waals surface area contributed by atoms with Crippen LogP contribution in [0.25, 0.3) is 0 Å². The van der Waals surface area contributed by atoms with Gasteiger partial charge < -0.3 is 10.1 Å². The van der Waals surface area contributed by atoms with E-state index in [4.69, 9.17) is 4.74 Å². The maximum atomic E-state index is 5.35. The smallest absolute Gasteiger partial charge is 0.0594 e. The zero-order valence-corrected chi connectivity index (χ0v) is 10.6. The number of allylic oxidation sites excluding steroid dienone is 1. The molecule has 1 saturated heterocycles. The van der Waals surface area contributed by atoms with Crippen LogP contribution in [0.15, 0.2) is 12.2 Å². The van der Waals surface area contributed by atoms with Crippen LogP contribution in [0.5, 0.6) is 0 Å². The largest absolute Gasteiger partial charge is 0.379 e. The van der Waals surface area contributed by atoms with Gasteiger partial charge in [0.1, 0.15) is 0 Å². The van der Waals surface area contributed by atoms with Crippen molar-refractivity contribution in [1.29, 1.82) is 0 Å². The summed E-state index contributed by atoms with van der Waals surface area (Å²) in [5.41, 5.74) is 0. The molecule has 0 aromatic heterocycles. The molecule has 0 radical (unpaired) electrons. The summed E-state index contributed by atoms with van der Waals surface area (Å²) in [6.07, 6.45) is 8.79. The van der Waals surface area contributed by atoms with Crippen molar-refractivity contribution in [2.75, 3.05) is 39.4 Å². The van der Waals surface area contributed by atoms with E-state index in [0.29, 0.717) is 0 Å². The van der Waals surface area contributed by atoms with Crippen LogP contribution in [-0.2, 0) is 4.74 Å². The summed E-state index contributed by atoms with van der Waals surface area (Å²) in [5.74, 6) is 1.84. The lowest BCUT2D eigenvalue weighted by Crippen LogP contribution is -2.48. The van der Waals surface area contributed by atoms with Crippen molar-refractivity contribution in [1.82, 2.24) is 10.2 Å². The number of ether oxygens (including phenoxy) is 1. The molecule has 0 aromatic rings. The Morgan fingerprint density at radius 1 is 1.29 bits per heavy atom. The third kappa shape index (κ3) is 2.72. The van der Waals surface area contributed by atoms with Gasteiger partial charge in [0.2, 0.25) is 0 Å². The Morgan fingerprint density at radius 2 is 2.18 bits per heavy atom. The molecule has 1 saturated carbocycles. The summed E-state index contributed by atoms with van der Waals surface area (Å²) >= 11 is 0. The maximum Gasteiger partial charge on any atom is 0.0594 e. The molecule has 3 nitrogen and oxygen atoms in total. The fraction of sp³-hybridized carbons (Fsp3) is 0.857. The SMILES string of the molecule is C1=CC2C(C1)CC2NCCCN1CCOCC1. The van der Waals surface area contributed by atoms with Gasteiger partial charge in [0.15, 0.2) is 0 Å². The molecule has 3 rings (SSSR count). The molecule has 0 amide bonds. The van der Waals surface area contributed by atoms with E-state index in [2.05, 4.69) is 22.4 Å². The Kier molecular flexibility index (Phi) is 3.79. The molecule has 1 aliphatic heterocycles. The lowest BCUT2D eigenvalue weighted by atomic mass is 9.71. The van der Waals surface area contributed by atoms with Gasteiger partial charge in [-0.15, -0.1) is 0 Å². The van der Waals surface area contributed by atoms with Gasteiger partial charge >= 0.3 is 0 Å². The number of nitrogens with zero attached hydrogens (tertiary/aromatic N) is 1. The van der Waals surface area contributed by atoms with Gasteiger partial charge in [-0.2, -0.15) is 0 Å². The molecule has 0 spiro atoms. The number of nitrogens with one attached hydrogen (secondary N) is 1. The van der Waals surface area contributed by atoms with E-state index in [1.807, 2.05) is 0 Å². The van der Waals surface area contributed by atoms with Crippen LogP contribution in [0.1, 0.15) is 19.3 Å². The van der Waals surface area contributed by atoms with E-state index in [1.165, 1.54) is 32.4 Å². The number of morpholine rings is 1. The van der Waals surface area contributed by atoms with Crippen LogP contribution in [0.2, 0.25) is 0 Å². The zero-order chi connectivity index (χ0) is 11.5. The molecule has 17 heavy (non-hydrogen) atoms. The molecule has 1 heterocycles. The summed E-state index contributed by atoms with van der Waals surface area (Å²) < 4.78 is 5.35. The van der Waals surface area contributed by atoms with Gasteiger partial charge in [0.25, 0.3) is 0 Å². The van der Waals surface area contributed by atoms with Crippen LogP contribution in [0.3, 0.4) is 0 Å². The van der Waals surface area contributed by atoms with E-state index < -0.39 is 0 Å². The summed E-state index contributed by atoms with van der Waals surface area (Å²) in [7, 11) is 0. The molecule has 3 atom stereocenters. The highest BCUT2D eigenvalue weighted by Crippen LogP contribution is 2.42. The minimum atomic E-state index is 0.781. The Bertz CT molecular complexity index is 273. The second-order valence-electron chi connectivity index (χ2n) is 5.61. The van der Waals surface area contributed by atoms with Crippen molar-refractivity contribution in [3.05, 3.63) is 12.2 Å². The highest BCUT2D eigenvalue weighted by Gasteiger charge is 2.40. The predicted molar refractivity (Wildman–Crippen MR) is 69.0 cm³/mol. The van der Waals surface area contributed by atoms with Crippen LogP contribution in [-0.4, -0.2) is 50.3 Å². The lowest BCUT2D eigenvalue weighted by molar-refractivity contribution is 0.0370. The first-order valence-electron chi connectivity index (χ1n) is 7.13. The highest BCUT2D eigenvalue weighted by atomic mass is 16.5. The average molecular weight is 236 g/mol. The minimum Gasteiger partial charge on any atom is -0.379 e. The first-order chi connectivity index (χ1) is 8.43. The first-order valence-corrected chi connectivity index (χ1v) is 7.13. The molecule has 3 heteroatoms. The van der Waals surface area contributed by atoms with Gasteiger partial charge in [0, 0.05) is 19.1 Å². The lowest BCUT2D eigenvalue weighted by Gasteiger charge is -2.41. The molecule has 96 valence electrons. The normalized spacial score (nSPS) is 36.8. The van der Waals surface area contributed by atoms with Gasteiger partial charge in [-0.1, -0.05) is 12.2 Å². The molecule has 1 N–H and O–H groups in total. The molecular formula is C14H24N2O. The number of rotatable bonds is 5. The Labute approximate surface area is 104 Å². The second-order valence-corrected chi connectivity index (χ2v) is 5.61. The summed E-state index contributed by atoms with van der Waals surface area (Å²) in [6.45, 7) is 6.50. The molecule has 2 fully saturated rings. The van der Waals surface area contributed by atoms with E-state index in [9.17, 15) is 0 Å². The molecular weight excluding hydrogens is 212 g/mol. The third-order valence-corrected chi connectivity index (χ3v) is 4.52. The standard InChI is InChI=1S/C14H24N2O/c1-3-12-11-14(13(12)4-1)15-5-2-6-16-7-9-17-10-8-16/h1,4,12-15H,2-3,5-11H2. The van der Waals surface area contributed by atoms with Crippen LogP contribution in [0, 0.1) is 11.8 Å². The molecule has 2 aliphatic carbocycles. The van der Waals surface area contributed by atoms with E-state index in [1.54, 1.807) is 0 Å². The molecule has 0 bridgehead atoms. The highest BCUT2D eigenvalue weighted by molar-refractivity contribution is 5.12. The summed E-state index contributed by atoms with van der Waals surface area (Å²) in [6, 6.07) is 0.781. The van der Waals surface area contributed by atoms with Crippen molar-refractivity contribution in [2.45, 2.75) is 25.3 Å². The van der Waals surface area contributed by atoms with Crippen molar-refractivity contribution in [3.8, 4) is 0 Å². The summed E-state index contributed by atoms with van der Waals surface area (Å²) in [4.78, 5) is 2.52. The van der Waals surface area contributed by atoms with Gasteiger partial charge in [-0.25, -0.2) is 0 Å². The third-order valence-electron chi connectivity index (χ3n) is 4.52. The van der Waals surface area contributed by atoms with Crippen LogP contribution < -0.4 is 5.32 Å². The Hall–Kier alpha value is -0.380. The molecule has 0 aromatic carbocycles. The second kappa shape index (κ2) is 5.51. The van der Waals surface area contributed by atoms with Crippen molar-refractivity contribution < 1.29 is 4.74 Å². The van der Waals surface area contributed by atoms with Gasteiger partial charge in [-0.05, 0) is 44.2 Å². The van der Waals surface area contributed by atoms with Crippen molar-refractivity contribution in [2.24, 2.45) is 11.8 Å². The topological polar surface area (TPSA) is 24.5 Å². The zero-order valence-electron chi connectivity index (χ0n) is 10.6. The van der Waals surface area contributed by atoms with Crippen molar-refractivity contribution >= 4 is 0 Å². The van der Waals surface area contributed by atoms with E-state index in [0.717, 1.165) is 44.2 Å². The fourth-order valence-corrected chi connectivity index (χ4v) is 3.36. The number of hydrogen-bond acceptors (Lipinski definition) is 3. The van der Waals surface area contributed by atoms with Gasteiger partial charge in [0.05, 0.1) is 13.2 Å². The van der Waals surface area contributed by atoms with E-state index in [-0.39, 0.29) is 0 Å². The molecule has 3 unspecified atom stereocenters. The minimum absolute atomic E-state index is 0.781. The van der Waals surface area contributed by atoms with E-state index >= 15 is 0 Å². The Balaban J connectivity index is 1.27. The predicted octanol–water partition coefficient (Wildman–Crippen LogP) is 1.26. The molecule has 3 aliphatic rings. The van der Waals surface area contributed by atoms with Gasteiger partial charge in [-0.3, -0.25) is 4.90 Å². The Morgan fingerprint density at radius 3 is 3.00 bits per heavy atom. The average Bonchev–Trinajstić information content (AvgIpc) is 2.72. The number of hydrogen-bond donors (Lipinski definition) is 1. The summed E-state index contributed by atoms with van der Waals surface area (Å²) in [5, 5.41) is 3.72. The monoisotopic (exact) mass is 236 g/mol. The van der Waals surface area contributed by atoms with Crippen LogP contribution >= 0.6 is 0 Å². The quantitative estimate of drug-likeness (QED) is 0.574. The first kappa shape index (κ1) is 11.7. The van der Waals surface area contributed by atoms with Crippen LogP contribution in [0.4, 0.5) is 0 Å².